The Bertz CT molecular complexity index is 893. The summed E-state index contributed by atoms with van der Waals surface area (Å²) in [4.78, 5) is 14.7. The molecule has 1 aliphatic heterocycles. The molecule has 3 rings (SSSR count). The van der Waals surface area contributed by atoms with Gasteiger partial charge in [-0.1, -0.05) is 48.0 Å². The fraction of sp³-hybridized carbons (Fsp3) is 0.409. The molecule has 1 heterocycles. The molecule has 1 saturated heterocycles. The molecular formula is C22H29N3O3S. The van der Waals surface area contributed by atoms with Crippen molar-refractivity contribution in [3.05, 3.63) is 71.3 Å². The average molecular weight is 416 g/mol. The molecule has 0 atom stereocenters. The van der Waals surface area contributed by atoms with E-state index in [0.717, 1.165) is 11.1 Å². The van der Waals surface area contributed by atoms with E-state index in [1.54, 1.807) is 17.0 Å². The van der Waals surface area contributed by atoms with E-state index in [2.05, 4.69) is 5.32 Å². The van der Waals surface area contributed by atoms with Crippen LogP contribution in [0.15, 0.2) is 54.6 Å². The summed E-state index contributed by atoms with van der Waals surface area (Å²) >= 11 is 0. The fourth-order valence-corrected chi connectivity index (χ4v) is 4.83. The number of carbonyl (C=O) groups excluding carboxylic acids is 1. The third-order valence-corrected chi connectivity index (χ3v) is 7.04. The maximum Gasteiger partial charge on any atom is 0.253 e. The number of carbonyl (C=O) groups is 1. The van der Waals surface area contributed by atoms with Gasteiger partial charge in [0.2, 0.25) is 10.0 Å². The highest BCUT2D eigenvalue weighted by Crippen LogP contribution is 2.11. The zero-order valence-corrected chi connectivity index (χ0v) is 17.7. The van der Waals surface area contributed by atoms with Crippen molar-refractivity contribution in [3.63, 3.8) is 0 Å². The molecule has 29 heavy (non-hydrogen) atoms. The van der Waals surface area contributed by atoms with Gasteiger partial charge in [0, 0.05) is 44.8 Å². The van der Waals surface area contributed by atoms with Gasteiger partial charge in [0.25, 0.3) is 5.91 Å². The molecule has 0 bridgehead atoms. The number of amides is 1. The minimum atomic E-state index is -3.38. The van der Waals surface area contributed by atoms with Crippen LogP contribution in [0.4, 0.5) is 0 Å². The van der Waals surface area contributed by atoms with Crippen LogP contribution in [-0.2, 0) is 16.4 Å². The Hall–Kier alpha value is -2.22. The number of piperazine rings is 1. The van der Waals surface area contributed by atoms with E-state index in [1.165, 1.54) is 4.31 Å². The van der Waals surface area contributed by atoms with Crippen molar-refractivity contribution in [2.24, 2.45) is 0 Å². The zero-order valence-electron chi connectivity index (χ0n) is 16.9. The third kappa shape index (κ3) is 6.13. The van der Waals surface area contributed by atoms with Gasteiger partial charge in [-0.2, -0.15) is 4.31 Å². The predicted molar refractivity (Wildman–Crippen MR) is 115 cm³/mol. The largest absolute Gasteiger partial charge is 0.337 e. The van der Waals surface area contributed by atoms with Crippen LogP contribution < -0.4 is 5.32 Å². The molecular weight excluding hydrogens is 386 g/mol. The van der Waals surface area contributed by atoms with E-state index in [-0.39, 0.29) is 18.2 Å². The molecule has 1 N–H and O–H groups in total. The molecule has 1 aliphatic rings. The Balaban J connectivity index is 1.70. The summed E-state index contributed by atoms with van der Waals surface area (Å²) in [5, 5.41) is 3.16. The van der Waals surface area contributed by atoms with Crippen LogP contribution in [0.1, 0.15) is 21.5 Å². The number of nitrogens with zero attached hydrogens (tertiary/aromatic N) is 2. The molecule has 0 saturated carbocycles. The zero-order chi connectivity index (χ0) is 20.7. The quantitative estimate of drug-likeness (QED) is 0.715. The van der Waals surface area contributed by atoms with Gasteiger partial charge in [-0.25, -0.2) is 8.42 Å². The van der Waals surface area contributed by atoms with Crippen LogP contribution in [0.2, 0.25) is 0 Å². The first kappa shape index (κ1) is 21.5. The average Bonchev–Trinajstić information content (AvgIpc) is 2.75. The van der Waals surface area contributed by atoms with E-state index >= 15 is 0 Å². The predicted octanol–water partition coefficient (Wildman–Crippen LogP) is 1.91. The van der Waals surface area contributed by atoms with Crippen molar-refractivity contribution in [2.75, 3.05) is 45.0 Å². The van der Waals surface area contributed by atoms with E-state index in [4.69, 9.17) is 0 Å². The smallest absolute Gasteiger partial charge is 0.253 e. The molecule has 0 unspecified atom stereocenters. The Labute approximate surface area is 173 Å². The van der Waals surface area contributed by atoms with Gasteiger partial charge in [-0.3, -0.25) is 4.79 Å². The van der Waals surface area contributed by atoms with Crippen molar-refractivity contribution < 1.29 is 13.2 Å². The highest BCUT2D eigenvalue weighted by atomic mass is 32.2. The molecule has 7 heteroatoms. The number of hydrogen-bond acceptors (Lipinski definition) is 4. The molecule has 0 aliphatic carbocycles. The second-order valence-electron chi connectivity index (χ2n) is 7.36. The lowest BCUT2D eigenvalue weighted by atomic mass is 10.1. The number of hydrogen-bond donors (Lipinski definition) is 1. The highest BCUT2D eigenvalue weighted by molar-refractivity contribution is 7.89. The SMILES string of the molecule is Cc1ccc(C(=O)N(CCc2ccccc2)CCS(=O)(=O)N2CCNCC2)cc1. The van der Waals surface area contributed by atoms with Crippen LogP contribution in [0.5, 0.6) is 0 Å². The van der Waals surface area contributed by atoms with Crippen molar-refractivity contribution in [1.82, 2.24) is 14.5 Å². The van der Waals surface area contributed by atoms with E-state index in [9.17, 15) is 13.2 Å². The summed E-state index contributed by atoms with van der Waals surface area (Å²) in [7, 11) is -3.38. The van der Waals surface area contributed by atoms with Gasteiger partial charge < -0.3 is 10.2 Å². The van der Waals surface area contributed by atoms with Crippen molar-refractivity contribution in [1.29, 1.82) is 0 Å². The second kappa shape index (κ2) is 10.0. The minimum Gasteiger partial charge on any atom is -0.337 e. The van der Waals surface area contributed by atoms with Crippen molar-refractivity contribution in [3.8, 4) is 0 Å². The molecule has 0 aromatic heterocycles. The summed E-state index contributed by atoms with van der Waals surface area (Å²) in [5.41, 5.74) is 2.79. The summed E-state index contributed by atoms with van der Waals surface area (Å²) < 4.78 is 27.0. The van der Waals surface area contributed by atoms with Crippen LogP contribution in [-0.4, -0.2) is 68.6 Å². The highest BCUT2D eigenvalue weighted by Gasteiger charge is 2.25. The first-order chi connectivity index (χ1) is 14.0. The lowest BCUT2D eigenvalue weighted by molar-refractivity contribution is 0.0767. The maximum atomic E-state index is 13.1. The van der Waals surface area contributed by atoms with E-state index in [0.29, 0.717) is 44.7 Å². The van der Waals surface area contributed by atoms with Crippen LogP contribution in [0.25, 0.3) is 0 Å². The molecule has 2 aromatic carbocycles. The van der Waals surface area contributed by atoms with Gasteiger partial charge in [0.1, 0.15) is 0 Å². The Kier molecular flexibility index (Phi) is 7.41. The molecule has 156 valence electrons. The molecule has 0 radical (unpaired) electrons. The Morgan fingerprint density at radius 2 is 1.66 bits per heavy atom. The summed E-state index contributed by atoms with van der Waals surface area (Å²) in [6, 6.07) is 17.3. The van der Waals surface area contributed by atoms with Gasteiger partial charge in [0.05, 0.1) is 5.75 Å². The Morgan fingerprint density at radius 1 is 1.00 bits per heavy atom. The van der Waals surface area contributed by atoms with Gasteiger partial charge in [0.15, 0.2) is 0 Å². The minimum absolute atomic E-state index is 0.0562. The standard InChI is InChI=1S/C22H29N3O3S/c1-19-7-9-21(10-8-19)22(26)24(14-11-20-5-3-2-4-6-20)17-18-29(27,28)25-15-12-23-13-16-25/h2-10,23H,11-18H2,1H3. The van der Waals surface area contributed by atoms with Crippen LogP contribution in [0, 0.1) is 6.92 Å². The maximum absolute atomic E-state index is 13.1. The number of nitrogens with one attached hydrogen (secondary N) is 1. The topological polar surface area (TPSA) is 69.7 Å². The number of rotatable bonds is 8. The van der Waals surface area contributed by atoms with Gasteiger partial charge >= 0.3 is 0 Å². The summed E-state index contributed by atoms with van der Waals surface area (Å²) in [6.45, 7) is 4.94. The molecule has 0 spiro atoms. The second-order valence-corrected chi connectivity index (χ2v) is 9.45. The van der Waals surface area contributed by atoms with Crippen molar-refractivity contribution >= 4 is 15.9 Å². The van der Waals surface area contributed by atoms with Gasteiger partial charge in [-0.15, -0.1) is 0 Å². The lowest BCUT2D eigenvalue weighted by Gasteiger charge is -2.28. The number of benzene rings is 2. The molecule has 1 fully saturated rings. The Morgan fingerprint density at radius 3 is 2.31 bits per heavy atom. The monoisotopic (exact) mass is 415 g/mol. The van der Waals surface area contributed by atoms with Gasteiger partial charge in [-0.05, 0) is 31.0 Å². The van der Waals surface area contributed by atoms with E-state index < -0.39 is 10.0 Å². The van der Waals surface area contributed by atoms with Crippen LogP contribution >= 0.6 is 0 Å². The molecule has 1 amide bonds. The molecule has 6 nitrogen and oxygen atoms in total. The first-order valence-corrected chi connectivity index (χ1v) is 11.6. The van der Waals surface area contributed by atoms with E-state index in [1.807, 2.05) is 49.4 Å². The normalized spacial score (nSPS) is 15.2. The third-order valence-electron chi connectivity index (χ3n) is 5.19. The summed E-state index contributed by atoms with van der Waals surface area (Å²) in [5.74, 6) is -0.184. The molecule has 2 aromatic rings. The fourth-order valence-electron chi connectivity index (χ4n) is 3.38. The van der Waals surface area contributed by atoms with Crippen molar-refractivity contribution in [2.45, 2.75) is 13.3 Å². The van der Waals surface area contributed by atoms with Crippen LogP contribution in [0.3, 0.4) is 0 Å². The lowest BCUT2D eigenvalue weighted by Crippen LogP contribution is -2.48. The first-order valence-electron chi connectivity index (χ1n) is 10.0. The summed E-state index contributed by atoms with van der Waals surface area (Å²) in [6.07, 6.45) is 0.687. The number of sulfonamides is 1. The number of aryl methyl sites for hydroxylation is 1.